The Labute approximate surface area is 118 Å². The molecule has 0 N–H and O–H groups in total. The summed E-state index contributed by atoms with van der Waals surface area (Å²) >= 11 is 0. The molecule has 5 nitrogen and oxygen atoms in total. The minimum Gasteiger partial charge on any atom is -0.472 e. The van der Waals surface area contributed by atoms with Gasteiger partial charge in [-0.1, -0.05) is 19.3 Å². The lowest BCUT2D eigenvalue weighted by atomic mass is 9.92. The van der Waals surface area contributed by atoms with E-state index in [1.165, 1.54) is 25.0 Å². The Morgan fingerprint density at radius 2 is 2.10 bits per heavy atom. The molecule has 1 fully saturated rings. The summed E-state index contributed by atoms with van der Waals surface area (Å²) in [5, 5.41) is 9.16. The van der Waals surface area contributed by atoms with Crippen molar-refractivity contribution in [3.63, 3.8) is 0 Å². The van der Waals surface area contributed by atoms with Gasteiger partial charge in [-0.25, -0.2) is 0 Å². The Morgan fingerprint density at radius 1 is 1.40 bits per heavy atom. The Balaban J connectivity index is 2.09. The van der Waals surface area contributed by atoms with Gasteiger partial charge in [0.1, 0.15) is 6.26 Å². The predicted molar refractivity (Wildman–Crippen MR) is 71.8 cm³/mol. The molecule has 0 bridgehead atoms. The zero-order valence-corrected chi connectivity index (χ0v) is 11.5. The summed E-state index contributed by atoms with van der Waals surface area (Å²) in [6, 6.07) is 3.44. The molecule has 1 aromatic rings. The molecule has 0 unspecified atom stereocenters. The number of rotatable bonds is 4. The maximum Gasteiger partial charge on any atom is 0.247 e. The van der Waals surface area contributed by atoms with Crippen molar-refractivity contribution in [1.82, 2.24) is 4.90 Å². The number of Topliss-reactive ketones (excluding diaryl/α,β-unsaturated/α-hetero) is 1. The smallest absolute Gasteiger partial charge is 0.247 e. The van der Waals surface area contributed by atoms with Crippen LogP contribution in [0.3, 0.4) is 0 Å². The average molecular weight is 274 g/mol. The van der Waals surface area contributed by atoms with Crippen LogP contribution >= 0.6 is 0 Å². The molecule has 1 aliphatic rings. The molecule has 1 aliphatic carbocycles. The van der Waals surface area contributed by atoms with Crippen molar-refractivity contribution < 1.29 is 14.0 Å². The number of hydrogen-bond donors (Lipinski definition) is 0. The van der Waals surface area contributed by atoms with E-state index < -0.39 is 17.6 Å². The number of carbonyl (C=O) groups is 2. The fourth-order valence-corrected chi connectivity index (χ4v) is 2.65. The summed E-state index contributed by atoms with van der Waals surface area (Å²) in [5.74, 6) is -2.18. The molecule has 1 aromatic heterocycles. The Hall–Kier alpha value is -2.09. The lowest BCUT2D eigenvalue weighted by Crippen LogP contribution is -2.43. The summed E-state index contributed by atoms with van der Waals surface area (Å²) < 4.78 is 4.83. The van der Waals surface area contributed by atoms with E-state index in [1.807, 2.05) is 6.07 Å². The van der Waals surface area contributed by atoms with Crippen LogP contribution in [0.2, 0.25) is 0 Å². The molecule has 106 valence electrons. The van der Waals surface area contributed by atoms with Gasteiger partial charge in [-0.05, 0) is 18.9 Å². The van der Waals surface area contributed by atoms with Crippen LogP contribution in [0, 0.1) is 17.2 Å². The molecular weight excluding hydrogens is 256 g/mol. The van der Waals surface area contributed by atoms with Crippen LogP contribution in [-0.2, 0) is 4.79 Å². The van der Waals surface area contributed by atoms with Crippen LogP contribution in [0.5, 0.6) is 0 Å². The lowest BCUT2D eigenvalue weighted by Gasteiger charge is -2.32. The molecule has 5 heteroatoms. The Morgan fingerprint density at radius 3 is 2.65 bits per heavy atom. The third-order valence-corrected chi connectivity index (χ3v) is 3.91. The Bertz CT molecular complexity index is 510. The molecule has 0 aliphatic heterocycles. The molecule has 20 heavy (non-hydrogen) atoms. The maximum atomic E-state index is 12.4. The van der Waals surface area contributed by atoms with E-state index >= 15 is 0 Å². The van der Waals surface area contributed by atoms with Gasteiger partial charge in [0.2, 0.25) is 5.91 Å². The number of amides is 1. The van der Waals surface area contributed by atoms with E-state index in [9.17, 15) is 9.59 Å². The quantitative estimate of drug-likeness (QED) is 0.624. The normalized spacial score (nSPS) is 17.2. The highest BCUT2D eigenvalue weighted by molar-refractivity contribution is 6.11. The summed E-state index contributed by atoms with van der Waals surface area (Å²) in [6.07, 6.45) is 7.89. The minimum atomic E-state index is -1.28. The first-order chi connectivity index (χ1) is 9.65. The molecule has 1 amide bonds. The van der Waals surface area contributed by atoms with Crippen molar-refractivity contribution in [3.8, 4) is 6.07 Å². The number of carbonyl (C=O) groups excluding carboxylic acids is 2. The first-order valence-corrected chi connectivity index (χ1v) is 6.88. The largest absolute Gasteiger partial charge is 0.472 e. The number of ketones is 1. The molecule has 2 rings (SSSR count). The van der Waals surface area contributed by atoms with E-state index in [2.05, 4.69) is 0 Å². The first-order valence-electron chi connectivity index (χ1n) is 6.88. The summed E-state index contributed by atoms with van der Waals surface area (Å²) in [7, 11) is 1.69. The summed E-state index contributed by atoms with van der Waals surface area (Å²) in [6.45, 7) is 0. The van der Waals surface area contributed by atoms with E-state index in [-0.39, 0.29) is 11.6 Å². The van der Waals surface area contributed by atoms with Crippen molar-refractivity contribution in [1.29, 1.82) is 5.26 Å². The van der Waals surface area contributed by atoms with Crippen LogP contribution in [0.4, 0.5) is 0 Å². The third kappa shape index (κ3) is 2.90. The van der Waals surface area contributed by atoms with E-state index in [4.69, 9.17) is 9.68 Å². The van der Waals surface area contributed by atoms with E-state index in [1.54, 1.807) is 11.9 Å². The van der Waals surface area contributed by atoms with E-state index in [0.29, 0.717) is 0 Å². The van der Waals surface area contributed by atoms with Crippen molar-refractivity contribution in [2.75, 3.05) is 7.05 Å². The van der Waals surface area contributed by atoms with Crippen molar-refractivity contribution in [3.05, 3.63) is 24.2 Å². The topological polar surface area (TPSA) is 74.3 Å². The highest BCUT2D eigenvalue weighted by Gasteiger charge is 2.33. The Kier molecular flexibility index (Phi) is 4.57. The monoisotopic (exact) mass is 274 g/mol. The van der Waals surface area contributed by atoms with Gasteiger partial charge in [0, 0.05) is 13.1 Å². The van der Waals surface area contributed by atoms with Gasteiger partial charge in [0.05, 0.1) is 17.9 Å². The highest BCUT2D eigenvalue weighted by atomic mass is 16.3. The molecule has 0 saturated heterocycles. The average Bonchev–Trinajstić information content (AvgIpc) is 3.02. The highest BCUT2D eigenvalue weighted by Crippen LogP contribution is 2.23. The van der Waals surface area contributed by atoms with Crippen LogP contribution < -0.4 is 0 Å². The number of nitriles is 1. The standard InChI is InChI=1S/C15H18N2O3/c1-17(12-5-3-2-4-6-12)15(19)13(9-16)14(18)11-7-8-20-10-11/h7-8,10,12-13H,2-6H2,1H3/t13-/m0/s1. The first kappa shape index (κ1) is 14.3. The number of hydrogen-bond acceptors (Lipinski definition) is 4. The lowest BCUT2D eigenvalue weighted by molar-refractivity contribution is -0.133. The van der Waals surface area contributed by atoms with E-state index in [0.717, 1.165) is 25.7 Å². The fraction of sp³-hybridized carbons (Fsp3) is 0.533. The number of furan rings is 1. The number of nitrogens with zero attached hydrogens (tertiary/aromatic N) is 2. The summed E-state index contributed by atoms with van der Waals surface area (Å²) in [5.41, 5.74) is 0.266. The van der Waals surface area contributed by atoms with Gasteiger partial charge >= 0.3 is 0 Å². The van der Waals surface area contributed by atoms with Gasteiger partial charge in [-0.3, -0.25) is 9.59 Å². The molecule has 1 atom stereocenters. The second-order valence-corrected chi connectivity index (χ2v) is 5.18. The molecule has 1 saturated carbocycles. The van der Waals surface area contributed by atoms with Crippen molar-refractivity contribution in [2.24, 2.45) is 5.92 Å². The van der Waals surface area contributed by atoms with Crippen LogP contribution in [0.15, 0.2) is 23.0 Å². The van der Waals surface area contributed by atoms with Crippen molar-refractivity contribution >= 4 is 11.7 Å². The second kappa shape index (κ2) is 6.38. The summed E-state index contributed by atoms with van der Waals surface area (Å²) in [4.78, 5) is 26.1. The van der Waals surface area contributed by atoms with Crippen molar-refractivity contribution in [2.45, 2.75) is 38.1 Å². The van der Waals surface area contributed by atoms with Gasteiger partial charge < -0.3 is 9.32 Å². The molecule has 0 spiro atoms. The second-order valence-electron chi connectivity index (χ2n) is 5.18. The zero-order valence-electron chi connectivity index (χ0n) is 11.5. The van der Waals surface area contributed by atoms with Crippen LogP contribution in [-0.4, -0.2) is 29.7 Å². The molecule has 1 heterocycles. The minimum absolute atomic E-state index is 0.143. The molecule has 0 aromatic carbocycles. The van der Waals surface area contributed by atoms with Gasteiger partial charge in [-0.15, -0.1) is 0 Å². The van der Waals surface area contributed by atoms with Crippen LogP contribution in [0.25, 0.3) is 0 Å². The van der Waals surface area contributed by atoms with Crippen LogP contribution in [0.1, 0.15) is 42.5 Å². The van der Waals surface area contributed by atoms with Gasteiger partial charge in [-0.2, -0.15) is 5.26 Å². The predicted octanol–water partition coefficient (Wildman–Crippen LogP) is 2.39. The van der Waals surface area contributed by atoms with Gasteiger partial charge in [0.15, 0.2) is 11.7 Å². The third-order valence-electron chi connectivity index (χ3n) is 3.91. The molecular formula is C15H18N2O3. The SMILES string of the molecule is CN(C(=O)[C@@H](C#N)C(=O)c1ccoc1)C1CCCCC1. The zero-order chi connectivity index (χ0) is 14.5. The maximum absolute atomic E-state index is 12.4. The molecule has 0 radical (unpaired) electrons. The fourth-order valence-electron chi connectivity index (χ4n) is 2.65. The van der Waals surface area contributed by atoms with Gasteiger partial charge in [0.25, 0.3) is 0 Å².